The number of rotatable bonds is 17. The Morgan fingerprint density at radius 3 is 2.18 bits per heavy atom. The zero-order valence-corrected chi connectivity index (χ0v) is 25.0. The van der Waals surface area contributed by atoms with E-state index in [4.69, 9.17) is 4.74 Å². The molecule has 0 aliphatic rings. The SMILES string of the molecule is C=CC[C@@H](CC(=O)N[C@H](C)CO)C(=O)N[C@@H](COC(=O)[C@@H](CC=C)Cc1ccccc1)C(=O)Nc1ccc2ccccc2c1. The molecule has 9 heteroatoms. The number of anilines is 1. The Hall–Kier alpha value is -4.76. The monoisotopic (exact) mass is 599 g/mol. The van der Waals surface area contributed by atoms with Crippen LogP contribution in [0.4, 0.5) is 5.69 Å². The summed E-state index contributed by atoms with van der Waals surface area (Å²) in [5.74, 6) is -3.46. The first-order valence-corrected chi connectivity index (χ1v) is 14.7. The summed E-state index contributed by atoms with van der Waals surface area (Å²) in [7, 11) is 0. The molecule has 0 fully saturated rings. The zero-order valence-electron chi connectivity index (χ0n) is 25.0. The first-order chi connectivity index (χ1) is 21.2. The molecular weight excluding hydrogens is 558 g/mol. The van der Waals surface area contributed by atoms with Gasteiger partial charge in [-0.1, -0.05) is 72.8 Å². The number of hydrogen-bond acceptors (Lipinski definition) is 6. The predicted molar refractivity (Wildman–Crippen MR) is 172 cm³/mol. The maximum atomic E-state index is 13.5. The lowest BCUT2D eigenvalue weighted by molar-refractivity contribution is -0.150. The van der Waals surface area contributed by atoms with E-state index in [1.54, 1.807) is 19.1 Å². The van der Waals surface area contributed by atoms with Gasteiger partial charge in [-0.3, -0.25) is 19.2 Å². The van der Waals surface area contributed by atoms with Crippen molar-refractivity contribution in [1.29, 1.82) is 0 Å². The summed E-state index contributed by atoms with van der Waals surface area (Å²) in [4.78, 5) is 52.5. The van der Waals surface area contributed by atoms with E-state index in [2.05, 4.69) is 29.1 Å². The van der Waals surface area contributed by atoms with E-state index in [0.29, 0.717) is 18.5 Å². The highest BCUT2D eigenvalue weighted by atomic mass is 16.5. The lowest BCUT2D eigenvalue weighted by Gasteiger charge is -2.23. The van der Waals surface area contributed by atoms with Crippen LogP contribution in [0.25, 0.3) is 10.8 Å². The molecule has 0 aliphatic carbocycles. The van der Waals surface area contributed by atoms with Crippen molar-refractivity contribution < 1.29 is 29.0 Å². The molecule has 4 atom stereocenters. The van der Waals surface area contributed by atoms with E-state index >= 15 is 0 Å². The molecule has 3 amide bonds. The van der Waals surface area contributed by atoms with Crippen molar-refractivity contribution in [3.63, 3.8) is 0 Å². The van der Waals surface area contributed by atoms with Gasteiger partial charge in [0.1, 0.15) is 12.6 Å². The first kappa shape index (κ1) is 33.7. The van der Waals surface area contributed by atoms with Crippen molar-refractivity contribution in [2.75, 3.05) is 18.5 Å². The molecule has 3 aromatic carbocycles. The van der Waals surface area contributed by atoms with Gasteiger partial charge in [0.05, 0.1) is 18.4 Å². The van der Waals surface area contributed by atoms with Crippen molar-refractivity contribution in [1.82, 2.24) is 10.6 Å². The van der Waals surface area contributed by atoms with Gasteiger partial charge >= 0.3 is 5.97 Å². The number of carbonyl (C=O) groups excluding carboxylic acids is 4. The van der Waals surface area contributed by atoms with Gasteiger partial charge < -0.3 is 25.8 Å². The van der Waals surface area contributed by atoms with E-state index in [1.807, 2.05) is 66.7 Å². The Morgan fingerprint density at radius 2 is 1.50 bits per heavy atom. The summed E-state index contributed by atoms with van der Waals surface area (Å²) in [6, 6.07) is 20.9. The maximum Gasteiger partial charge on any atom is 0.309 e. The summed E-state index contributed by atoms with van der Waals surface area (Å²) in [5.41, 5.74) is 1.46. The average molecular weight is 600 g/mol. The number of esters is 1. The fourth-order valence-corrected chi connectivity index (χ4v) is 4.70. The van der Waals surface area contributed by atoms with Crippen LogP contribution in [-0.2, 0) is 30.3 Å². The summed E-state index contributed by atoms with van der Waals surface area (Å²) >= 11 is 0. The van der Waals surface area contributed by atoms with E-state index < -0.39 is 54.2 Å². The molecule has 0 aliphatic heterocycles. The van der Waals surface area contributed by atoms with Crippen molar-refractivity contribution in [2.45, 2.75) is 44.7 Å². The van der Waals surface area contributed by atoms with Gasteiger partial charge in [0.25, 0.3) is 5.91 Å². The van der Waals surface area contributed by atoms with Crippen LogP contribution in [0.2, 0.25) is 0 Å². The molecule has 9 nitrogen and oxygen atoms in total. The number of fused-ring (bicyclic) bond motifs is 1. The van der Waals surface area contributed by atoms with Crippen LogP contribution in [0.15, 0.2) is 98.1 Å². The summed E-state index contributed by atoms with van der Waals surface area (Å²) in [6.07, 6.45) is 3.94. The molecule has 0 spiro atoms. The summed E-state index contributed by atoms with van der Waals surface area (Å²) in [6.45, 7) is 8.42. The summed E-state index contributed by atoms with van der Waals surface area (Å²) < 4.78 is 5.62. The lowest BCUT2D eigenvalue weighted by atomic mass is 9.96. The van der Waals surface area contributed by atoms with Gasteiger partial charge in [-0.05, 0) is 54.7 Å². The largest absolute Gasteiger partial charge is 0.463 e. The molecule has 0 heterocycles. The molecule has 0 radical (unpaired) electrons. The Labute approximate surface area is 258 Å². The second-order valence-corrected chi connectivity index (χ2v) is 10.7. The topological polar surface area (TPSA) is 134 Å². The van der Waals surface area contributed by atoms with Crippen molar-refractivity contribution in [3.8, 4) is 0 Å². The van der Waals surface area contributed by atoms with Gasteiger partial charge in [0.15, 0.2) is 0 Å². The second-order valence-electron chi connectivity index (χ2n) is 10.7. The van der Waals surface area contributed by atoms with Crippen molar-refractivity contribution in [2.24, 2.45) is 11.8 Å². The molecule has 0 saturated carbocycles. The van der Waals surface area contributed by atoms with Gasteiger partial charge in [0, 0.05) is 18.2 Å². The van der Waals surface area contributed by atoms with Crippen LogP contribution in [-0.4, -0.2) is 54.1 Å². The minimum absolute atomic E-state index is 0.171. The highest BCUT2D eigenvalue weighted by Gasteiger charge is 2.29. The number of benzene rings is 3. The number of nitrogens with one attached hydrogen (secondary N) is 3. The number of aliphatic hydroxyl groups excluding tert-OH is 1. The quantitative estimate of drug-likeness (QED) is 0.135. The Balaban J connectivity index is 1.78. The van der Waals surface area contributed by atoms with Crippen LogP contribution in [0.3, 0.4) is 0 Å². The third kappa shape index (κ3) is 10.5. The number of amides is 3. The standard InChI is InChI=1S/C35H41N3O6/c1-4-11-28(21-32(40)36-24(3)22-39)33(41)38-31(34(42)37-30-18-17-26-15-9-10-16-27(26)20-30)23-44-35(43)29(12-5-2)19-25-13-7-6-8-14-25/h4-10,13-18,20,24,28-29,31,39H,1-2,11-12,19,21-23H2,3H3,(H,36,40)(H,37,42)(H,38,41)/t24-,28+,29+,31+/m1/s1. The minimum atomic E-state index is -1.24. The Bertz CT molecular complexity index is 1440. The molecule has 0 saturated heterocycles. The fraction of sp³-hybridized carbons (Fsp3) is 0.314. The number of ether oxygens (including phenoxy) is 1. The predicted octanol–water partition coefficient (Wildman–Crippen LogP) is 4.32. The van der Waals surface area contributed by atoms with Crippen LogP contribution < -0.4 is 16.0 Å². The van der Waals surface area contributed by atoms with Crippen LogP contribution in [0, 0.1) is 11.8 Å². The Kier molecular flexibility index (Phi) is 13.3. The normalized spacial score (nSPS) is 13.5. The molecular formula is C35H41N3O6. The first-order valence-electron chi connectivity index (χ1n) is 14.7. The smallest absolute Gasteiger partial charge is 0.309 e. The van der Waals surface area contributed by atoms with Crippen LogP contribution in [0.5, 0.6) is 0 Å². The van der Waals surface area contributed by atoms with Gasteiger partial charge in [-0.25, -0.2) is 0 Å². The highest BCUT2D eigenvalue weighted by Crippen LogP contribution is 2.20. The molecule has 0 aromatic heterocycles. The molecule has 3 rings (SSSR count). The second kappa shape index (κ2) is 17.4. The molecule has 0 bridgehead atoms. The third-order valence-electron chi connectivity index (χ3n) is 7.09. The van der Waals surface area contributed by atoms with Crippen LogP contribution >= 0.6 is 0 Å². The van der Waals surface area contributed by atoms with E-state index in [1.165, 1.54) is 6.08 Å². The molecule has 4 N–H and O–H groups in total. The number of hydrogen-bond donors (Lipinski definition) is 4. The van der Waals surface area contributed by atoms with E-state index in [-0.39, 0.29) is 19.4 Å². The van der Waals surface area contributed by atoms with Crippen molar-refractivity contribution in [3.05, 3.63) is 104 Å². The van der Waals surface area contributed by atoms with Crippen LogP contribution in [0.1, 0.15) is 31.7 Å². The number of aliphatic hydroxyl groups is 1. The van der Waals surface area contributed by atoms with E-state index in [0.717, 1.165) is 16.3 Å². The molecule has 0 unspecified atom stereocenters. The van der Waals surface area contributed by atoms with Gasteiger partial charge in [-0.2, -0.15) is 0 Å². The van der Waals surface area contributed by atoms with Crippen molar-refractivity contribution >= 4 is 40.2 Å². The average Bonchev–Trinajstić information content (AvgIpc) is 3.02. The number of allylic oxidation sites excluding steroid dienone is 2. The minimum Gasteiger partial charge on any atom is -0.463 e. The van der Waals surface area contributed by atoms with Gasteiger partial charge in [0.2, 0.25) is 11.8 Å². The van der Waals surface area contributed by atoms with E-state index in [9.17, 15) is 24.3 Å². The Morgan fingerprint density at radius 1 is 0.841 bits per heavy atom. The maximum absolute atomic E-state index is 13.5. The molecule has 232 valence electrons. The molecule has 3 aromatic rings. The fourth-order valence-electron chi connectivity index (χ4n) is 4.70. The highest BCUT2D eigenvalue weighted by molar-refractivity contribution is 5.99. The summed E-state index contributed by atoms with van der Waals surface area (Å²) in [5, 5.41) is 19.3. The zero-order chi connectivity index (χ0) is 31.9. The number of carbonyl (C=O) groups is 4. The lowest BCUT2D eigenvalue weighted by Crippen LogP contribution is -2.50. The third-order valence-corrected chi connectivity index (χ3v) is 7.09. The van der Waals surface area contributed by atoms with Gasteiger partial charge in [-0.15, -0.1) is 13.2 Å². The molecule has 44 heavy (non-hydrogen) atoms.